The summed E-state index contributed by atoms with van der Waals surface area (Å²) in [6, 6.07) is 16.3. The maximum Gasteiger partial charge on any atom is 0.127 e. The Bertz CT molecular complexity index is 1440. The topological polar surface area (TPSA) is 12.5 Å². The summed E-state index contributed by atoms with van der Waals surface area (Å²) in [5.74, 6) is 3.85. The molecule has 238 valence electrons. The van der Waals surface area contributed by atoms with E-state index in [0.29, 0.717) is 11.8 Å². The zero-order chi connectivity index (χ0) is 31.8. The lowest BCUT2D eigenvalue weighted by atomic mass is 9.75. The fraction of sp³-hybridized carbons (Fsp3) is 0.610. The van der Waals surface area contributed by atoms with Crippen LogP contribution in [0.5, 0.6) is 11.5 Å². The van der Waals surface area contributed by atoms with Crippen LogP contribution >= 0.6 is 0 Å². The fourth-order valence-electron chi connectivity index (χ4n) is 10.0. The molecule has 0 bridgehead atoms. The lowest BCUT2D eigenvalue weighted by molar-refractivity contribution is 0.140. The molecule has 0 spiro atoms. The Morgan fingerprint density at radius 3 is 2.07 bits per heavy atom. The Hall–Kier alpha value is -2.10. The summed E-state index contributed by atoms with van der Waals surface area (Å²) in [7, 11) is -1.77. The number of benzene rings is 2. The number of ether oxygens (including phenoxy) is 1. The largest absolute Gasteiger partial charge is 0.457 e. The highest BCUT2D eigenvalue weighted by molar-refractivity contribution is 6.76. The van der Waals surface area contributed by atoms with Crippen molar-refractivity contribution in [2.45, 2.75) is 142 Å². The monoisotopic (exact) mass is 609 g/mol. The zero-order valence-electron chi connectivity index (χ0n) is 29.7. The third kappa shape index (κ3) is 5.49. The van der Waals surface area contributed by atoms with Crippen molar-refractivity contribution in [2.75, 3.05) is 0 Å². The molecule has 0 saturated heterocycles. The predicted molar refractivity (Wildman–Crippen MR) is 191 cm³/mol. The summed E-state index contributed by atoms with van der Waals surface area (Å²) >= 11 is 0. The third-order valence-electron chi connectivity index (χ3n) is 12.0. The van der Waals surface area contributed by atoms with E-state index in [0.717, 1.165) is 29.0 Å². The second kappa shape index (κ2) is 11.0. The molecule has 0 amide bonds. The zero-order valence-corrected chi connectivity index (χ0v) is 30.7. The first-order chi connectivity index (χ1) is 20.5. The summed E-state index contributed by atoms with van der Waals surface area (Å²) in [5.41, 5.74) is 8.34. The lowest BCUT2D eigenvalue weighted by Gasteiger charge is -2.55. The van der Waals surface area contributed by atoms with Crippen molar-refractivity contribution in [1.82, 2.24) is 4.57 Å². The van der Waals surface area contributed by atoms with Crippen LogP contribution in [0.4, 0.5) is 0 Å². The van der Waals surface area contributed by atoms with Crippen molar-refractivity contribution < 1.29 is 4.74 Å². The molecule has 2 aromatic rings. The Morgan fingerprint density at radius 1 is 0.818 bits per heavy atom. The molecule has 4 unspecified atom stereocenters. The first kappa shape index (κ1) is 31.9. The van der Waals surface area contributed by atoms with Gasteiger partial charge in [0.05, 0.1) is 0 Å². The first-order valence-corrected chi connectivity index (χ1v) is 20.7. The maximum atomic E-state index is 6.45. The summed E-state index contributed by atoms with van der Waals surface area (Å²) in [6.45, 7) is 27.1. The lowest BCUT2D eigenvalue weighted by Crippen LogP contribution is -2.64. The normalized spacial score (nSPS) is 27.0. The quantitative estimate of drug-likeness (QED) is 0.313. The van der Waals surface area contributed by atoms with Crippen molar-refractivity contribution in [3.05, 3.63) is 76.9 Å². The van der Waals surface area contributed by atoms with Gasteiger partial charge in [-0.3, -0.25) is 0 Å². The molecule has 0 aromatic heterocycles. The molecule has 0 N–H and O–H groups in total. The highest BCUT2D eigenvalue weighted by Gasteiger charge is 2.55. The molecule has 0 heterocycles. The smallest absolute Gasteiger partial charge is 0.127 e. The van der Waals surface area contributed by atoms with Gasteiger partial charge in [0.1, 0.15) is 19.7 Å². The number of rotatable bonds is 5. The Kier molecular flexibility index (Phi) is 7.97. The Morgan fingerprint density at radius 2 is 1.45 bits per heavy atom. The molecule has 6 rings (SSSR count). The van der Waals surface area contributed by atoms with Crippen LogP contribution in [0.3, 0.4) is 0 Å². The molecule has 4 atom stereocenters. The standard InChI is InChI=1S/C41H59NOSi/c1-27-23-38(44(10,11)42(40(5,6)7)29-15-13-12-14-16-29)35-25-34-32-22-21-31(24-36(32)41(8,9)37(34)26-33(27)35)43-30-19-17-28(18-20-30)39(2,3)4/h17-22,24-27,29,33,35,38H,12-16,23H2,1-11H3. The summed E-state index contributed by atoms with van der Waals surface area (Å²) in [5, 5.41) is 0. The van der Waals surface area contributed by atoms with Gasteiger partial charge in [-0.15, -0.1) is 0 Å². The molecule has 2 saturated carbocycles. The number of allylic oxidation sites excluding steroid dienone is 4. The minimum atomic E-state index is -1.77. The number of fused-ring (bicyclic) bond motifs is 4. The Balaban J connectivity index is 1.32. The van der Waals surface area contributed by atoms with Crippen LogP contribution in [0.25, 0.3) is 5.57 Å². The average molecular weight is 610 g/mol. The minimum absolute atomic E-state index is 0.0219. The van der Waals surface area contributed by atoms with Crippen LogP contribution in [0.15, 0.2) is 60.2 Å². The van der Waals surface area contributed by atoms with Crippen molar-refractivity contribution in [1.29, 1.82) is 0 Å². The van der Waals surface area contributed by atoms with Gasteiger partial charge < -0.3 is 9.30 Å². The maximum absolute atomic E-state index is 6.45. The van der Waals surface area contributed by atoms with Crippen LogP contribution < -0.4 is 4.74 Å². The minimum Gasteiger partial charge on any atom is -0.457 e. The van der Waals surface area contributed by atoms with Gasteiger partial charge in [0.25, 0.3) is 0 Å². The van der Waals surface area contributed by atoms with Crippen LogP contribution in [-0.4, -0.2) is 24.4 Å². The summed E-state index contributed by atoms with van der Waals surface area (Å²) in [4.78, 5) is 0. The van der Waals surface area contributed by atoms with Gasteiger partial charge in [-0.25, -0.2) is 0 Å². The highest BCUT2D eigenvalue weighted by atomic mass is 28.3. The fourth-order valence-corrected chi connectivity index (χ4v) is 15.5. The van der Waals surface area contributed by atoms with Gasteiger partial charge in [0, 0.05) is 17.0 Å². The predicted octanol–water partition coefficient (Wildman–Crippen LogP) is 11.7. The molecular formula is C41H59NOSi. The third-order valence-corrected chi connectivity index (χ3v) is 16.7. The molecule has 4 aliphatic carbocycles. The van der Waals surface area contributed by atoms with E-state index in [1.54, 1.807) is 5.57 Å². The summed E-state index contributed by atoms with van der Waals surface area (Å²) < 4.78 is 9.56. The first-order valence-electron chi connectivity index (χ1n) is 17.7. The Labute approximate surface area is 270 Å². The molecule has 0 aliphatic heterocycles. The van der Waals surface area contributed by atoms with Gasteiger partial charge in [0.15, 0.2) is 0 Å². The van der Waals surface area contributed by atoms with E-state index in [2.05, 4.69) is 135 Å². The van der Waals surface area contributed by atoms with Gasteiger partial charge in [-0.05, 0) is 121 Å². The molecule has 2 aromatic carbocycles. The van der Waals surface area contributed by atoms with Gasteiger partial charge in [-0.2, -0.15) is 0 Å². The van der Waals surface area contributed by atoms with Crippen LogP contribution in [0.1, 0.15) is 118 Å². The molecule has 0 radical (unpaired) electrons. The van der Waals surface area contributed by atoms with E-state index in [-0.39, 0.29) is 16.4 Å². The van der Waals surface area contributed by atoms with Crippen LogP contribution in [-0.2, 0) is 10.8 Å². The second-order valence-corrected chi connectivity index (χ2v) is 22.4. The van der Waals surface area contributed by atoms with E-state index in [1.165, 1.54) is 60.8 Å². The van der Waals surface area contributed by atoms with E-state index >= 15 is 0 Å². The van der Waals surface area contributed by atoms with Gasteiger partial charge >= 0.3 is 0 Å². The molecule has 4 aliphatic rings. The van der Waals surface area contributed by atoms with Crippen molar-refractivity contribution >= 4 is 13.8 Å². The van der Waals surface area contributed by atoms with Gasteiger partial charge in [0.2, 0.25) is 0 Å². The molecule has 2 fully saturated rings. The second-order valence-electron chi connectivity index (χ2n) is 17.8. The SMILES string of the molecule is CC1CC([Si](C)(C)N(C2CCCCC2)C(C)(C)C)C2C=C3C(=CC12)C(C)(C)c1cc(Oc2ccc(C(C)(C)C)cc2)ccc13. The van der Waals surface area contributed by atoms with Crippen LogP contribution in [0, 0.1) is 17.8 Å². The van der Waals surface area contributed by atoms with Crippen LogP contribution in [0.2, 0.25) is 18.6 Å². The van der Waals surface area contributed by atoms with Gasteiger partial charge in [-0.1, -0.05) is 104 Å². The van der Waals surface area contributed by atoms with E-state index in [1.807, 2.05) is 0 Å². The molecule has 2 nitrogen and oxygen atoms in total. The number of nitrogens with zero attached hydrogens (tertiary/aromatic N) is 1. The van der Waals surface area contributed by atoms with E-state index in [4.69, 9.17) is 4.74 Å². The van der Waals surface area contributed by atoms with E-state index < -0.39 is 8.24 Å². The van der Waals surface area contributed by atoms with Crippen molar-refractivity contribution in [2.24, 2.45) is 17.8 Å². The number of hydrogen-bond donors (Lipinski definition) is 0. The van der Waals surface area contributed by atoms with Crippen molar-refractivity contribution in [3.8, 4) is 11.5 Å². The van der Waals surface area contributed by atoms with E-state index in [9.17, 15) is 0 Å². The number of hydrogen-bond acceptors (Lipinski definition) is 2. The molecule has 3 heteroatoms. The average Bonchev–Trinajstić information content (AvgIpc) is 3.38. The molecular weight excluding hydrogens is 551 g/mol. The summed E-state index contributed by atoms with van der Waals surface area (Å²) in [6.07, 6.45) is 13.9. The highest BCUT2D eigenvalue weighted by Crippen LogP contribution is 2.61. The van der Waals surface area contributed by atoms with Crippen molar-refractivity contribution in [3.63, 3.8) is 0 Å². The molecule has 44 heavy (non-hydrogen) atoms.